The zero-order valence-corrected chi connectivity index (χ0v) is 21.2. The Morgan fingerprint density at radius 3 is 2.43 bits per heavy atom. The van der Waals surface area contributed by atoms with E-state index < -0.39 is 17.7 Å². The summed E-state index contributed by atoms with van der Waals surface area (Å²) in [5, 5.41) is 11.4. The van der Waals surface area contributed by atoms with Crippen LogP contribution in [0.5, 0.6) is 5.75 Å². The van der Waals surface area contributed by atoms with Crippen LogP contribution in [-0.2, 0) is 9.59 Å². The highest BCUT2D eigenvalue weighted by molar-refractivity contribution is 6.46. The lowest BCUT2D eigenvalue weighted by Crippen LogP contribution is -2.33. The molecule has 0 aromatic heterocycles. The summed E-state index contributed by atoms with van der Waals surface area (Å²) in [6.07, 6.45) is 2.40. The Morgan fingerprint density at radius 1 is 1.11 bits per heavy atom. The number of nitrogens with zero attached hydrogens (tertiary/aromatic N) is 2. The predicted molar refractivity (Wildman–Crippen MR) is 139 cm³/mol. The zero-order valence-electron chi connectivity index (χ0n) is 21.2. The number of Topliss-reactive ketones (excluding diaryl/α,β-unsaturated/α-hetero) is 1. The second-order valence-corrected chi connectivity index (χ2v) is 8.86. The van der Waals surface area contributed by atoms with E-state index in [0.717, 1.165) is 42.7 Å². The van der Waals surface area contributed by atoms with Crippen molar-refractivity contribution in [2.75, 3.05) is 32.8 Å². The Labute approximate surface area is 208 Å². The van der Waals surface area contributed by atoms with Gasteiger partial charge in [0, 0.05) is 12.1 Å². The van der Waals surface area contributed by atoms with Crippen molar-refractivity contribution in [1.82, 2.24) is 9.80 Å². The molecular weight excluding hydrogens is 440 g/mol. The molecule has 2 aromatic rings. The number of carbonyl (C=O) groups is 2. The van der Waals surface area contributed by atoms with Crippen molar-refractivity contribution < 1.29 is 19.4 Å². The molecule has 0 spiro atoms. The smallest absolute Gasteiger partial charge is 0.295 e. The minimum absolute atomic E-state index is 0.131. The van der Waals surface area contributed by atoms with Crippen LogP contribution in [0.4, 0.5) is 0 Å². The lowest BCUT2D eigenvalue weighted by atomic mass is 9.93. The quantitative estimate of drug-likeness (QED) is 0.213. The minimum atomic E-state index is -0.667. The molecule has 1 fully saturated rings. The molecule has 1 atom stereocenters. The fraction of sp³-hybridized carbons (Fsp3) is 0.379. The number of ether oxygens (including phenoxy) is 1. The lowest BCUT2D eigenvalue weighted by molar-refractivity contribution is -0.140. The second kappa shape index (κ2) is 11.8. The molecule has 186 valence electrons. The van der Waals surface area contributed by atoms with Crippen molar-refractivity contribution in [2.45, 2.75) is 40.2 Å². The van der Waals surface area contributed by atoms with Gasteiger partial charge in [0.15, 0.2) is 0 Å². The van der Waals surface area contributed by atoms with Gasteiger partial charge in [-0.15, -0.1) is 0 Å². The molecule has 35 heavy (non-hydrogen) atoms. The zero-order chi connectivity index (χ0) is 25.5. The molecule has 6 heteroatoms. The molecule has 3 rings (SSSR count). The maximum atomic E-state index is 13.3. The van der Waals surface area contributed by atoms with Crippen molar-refractivity contribution in [3.8, 4) is 5.75 Å². The maximum absolute atomic E-state index is 13.3. The molecule has 1 saturated heterocycles. The van der Waals surface area contributed by atoms with Gasteiger partial charge in [0.1, 0.15) is 18.1 Å². The van der Waals surface area contributed by atoms with Crippen molar-refractivity contribution in [2.24, 2.45) is 0 Å². The molecule has 0 radical (unpaired) electrons. The Balaban J connectivity index is 2.05. The topological polar surface area (TPSA) is 70.1 Å². The maximum Gasteiger partial charge on any atom is 0.295 e. The Bertz CT molecular complexity index is 1100. The van der Waals surface area contributed by atoms with E-state index in [0.29, 0.717) is 24.5 Å². The molecule has 0 bridgehead atoms. The number of aliphatic hydroxyl groups is 1. The van der Waals surface area contributed by atoms with Gasteiger partial charge in [0.25, 0.3) is 11.7 Å². The Morgan fingerprint density at radius 2 is 1.80 bits per heavy atom. The number of hydrogen-bond donors (Lipinski definition) is 1. The molecule has 1 N–H and O–H groups in total. The monoisotopic (exact) mass is 476 g/mol. The van der Waals surface area contributed by atoms with Gasteiger partial charge in [0.05, 0.1) is 11.6 Å². The number of aliphatic hydroxyl groups excluding tert-OH is 1. The van der Waals surface area contributed by atoms with Gasteiger partial charge in [-0.3, -0.25) is 9.59 Å². The largest absolute Gasteiger partial charge is 0.507 e. The third kappa shape index (κ3) is 5.82. The van der Waals surface area contributed by atoms with Crippen LogP contribution in [0.25, 0.3) is 5.76 Å². The van der Waals surface area contributed by atoms with E-state index in [-0.39, 0.29) is 11.3 Å². The average molecular weight is 477 g/mol. The van der Waals surface area contributed by atoms with Crippen molar-refractivity contribution in [3.05, 3.63) is 82.9 Å². The lowest BCUT2D eigenvalue weighted by Gasteiger charge is -2.27. The van der Waals surface area contributed by atoms with Gasteiger partial charge in [-0.05, 0) is 69.2 Å². The molecule has 2 aromatic carbocycles. The van der Waals surface area contributed by atoms with Crippen LogP contribution in [0.1, 0.15) is 48.6 Å². The summed E-state index contributed by atoms with van der Waals surface area (Å²) in [5.41, 5.74) is 3.26. The highest BCUT2D eigenvalue weighted by Crippen LogP contribution is 2.40. The molecule has 1 unspecified atom stereocenters. The van der Waals surface area contributed by atoms with E-state index in [4.69, 9.17) is 4.74 Å². The number of aryl methyl sites for hydroxylation is 2. The van der Waals surface area contributed by atoms with Gasteiger partial charge < -0.3 is 19.6 Å². The number of amides is 1. The normalized spacial score (nSPS) is 17.3. The van der Waals surface area contributed by atoms with Crippen molar-refractivity contribution in [1.29, 1.82) is 0 Å². The van der Waals surface area contributed by atoms with Crippen LogP contribution in [0, 0.1) is 13.8 Å². The molecular formula is C29H36N2O4. The summed E-state index contributed by atoms with van der Waals surface area (Å²) in [7, 11) is 0. The van der Waals surface area contributed by atoms with Crippen LogP contribution in [-0.4, -0.2) is 59.4 Å². The number of ketones is 1. The van der Waals surface area contributed by atoms with Crippen LogP contribution in [0.3, 0.4) is 0 Å². The van der Waals surface area contributed by atoms with Crippen molar-refractivity contribution in [3.63, 3.8) is 0 Å². The summed E-state index contributed by atoms with van der Waals surface area (Å²) < 4.78 is 5.60. The van der Waals surface area contributed by atoms with Crippen molar-refractivity contribution >= 4 is 17.4 Å². The van der Waals surface area contributed by atoms with Crippen LogP contribution in [0.2, 0.25) is 0 Å². The first-order chi connectivity index (χ1) is 16.8. The molecule has 1 amide bonds. The van der Waals surface area contributed by atoms with E-state index in [1.165, 1.54) is 0 Å². The molecule has 0 aliphatic carbocycles. The predicted octanol–water partition coefficient (Wildman–Crippen LogP) is 5.02. The fourth-order valence-electron chi connectivity index (χ4n) is 4.50. The average Bonchev–Trinajstić information content (AvgIpc) is 3.11. The summed E-state index contributed by atoms with van der Waals surface area (Å²) in [6, 6.07) is 12.4. The second-order valence-electron chi connectivity index (χ2n) is 8.86. The number of rotatable bonds is 11. The van der Waals surface area contributed by atoms with E-state index in [9.17, 15) is 14.7 Å². The van der Waals surface area contributed by atoms with Gasteiger partial charge in [-0.2, -0.15) is 0 Å². The first kappa shape index (κ1) is 26.2. The van der Waals surface area contributed by atoms with E-state index in [2.05, 4.69) is 25.3 Å². The minimum Gasteiger partial charge on any atom is -0.507 e. The molecule has 1 aliphatic heterocycles. The first-order valence-corrected chi connectivity index (χ1v) is 12.2. The SMILES string of the molecule is C=CCOc1ccc(C2/C(=C(\O)c3cc(C)ccc3C)C(=O)C(=O)N2CCCN(CC)CC)cc1. The molecule has 0 saturated carbocycles. The Hall–Kier alpha value is -3.38. The third-order valence-electron chi connectivity index (χ3n) is 6.52. The van der Waals surface area contributed by atoms with Gasteiger partial charge in [-0.25, -0.2) is 0 Å². The van der Waals surface area contributed by atoms with Crippen LogP contribution >= 0.6 is 0 Å². The van der Waals surface area contributed by atoms with E-state index in [1.54, 1.807) is 11.0 Å². The van der Waals surface area contributed by atoms with Gasteiger partial charge >= 0.3 is 0 Å². The number of carbonyl (C=O) groups excluding carboxylic acids is 2. The Kier molecular flexibility index (Phi) is 8.88. The first-order valence-electron chi connectivity index (χ1n) is 12.2. The van der Waals surface area contributed by atoms with Gasteiger partial charge in [-0.1, -0.05) is 56.3 Å². The van der Waals surface area contributed by atoms with Gasteiger partial charge in [0.2, 0.25) is 0 Å². The summed E-state index contributed by atoms with van der Waals surface area (Å²) in [5.74, 6) is -0.689. The third-order valence-corrected chi connectivity index (χ3v) is 6.52. The fourth-order valence-corrected chi connectivity index (χ4v) is 4.50. The molecule has 1 aliphatic rings. The molecule has 6 nitrogen and oxygen atoms in total. The summed E-state index contributed by atoms with van der Waals surface area (Å²) in [4.78, 5) is 30.3. The van der Waals surface area contributed by atoms with E-state index in [1.807, 2.05) is 56.3 Å². The summed E-state index contributed by atoms with van der Waals surface area (Å²) in [6.45, 7) is 15.2. The number of likely N-dealkylation sites (tertiary alicyclic amines) is 1. The molecule has 1 heterocycles. The number of benzene rings is 2. The highest BCUT2D eigenvalue weighted by atomic mass is 16.5. The number of hydrogen-bond acceptors (Lipinski definition) is 5. The summed E-state index contributed by atoms with van der Waals surface area (Å²) >= 11 is 0. The van der Waals surface area contributed by atoms with Crippen LogP contribution in [0.15, 0.2) is 60.7 Å². The van der Waals surface area contributed by atoms with Crippen LogP contribution < -0.4 is 4.74 Å². The van der Waals surface area contributed by atoms with E-state index >= 15 is 0 Å². The highest BCUT2D eigenvalue weighted by Gasteiger charge is 2.45. The standard InChI is InChI=1S/C29H36N2O4/c1-6-18-35-23-14-12-22(13-15-23)26-25(27(32)24-19-20(4)10-11-21(24)5)28(33)29(34)31(26)17-9-16-30(7-2)8-3/h6,10-15,19,26,32H,1,7-9,16-18H2,2-5H3/b27-25+.